The molecular formula is C17H19NO3. The monoisotopic (exact) mass is 285 g/mol. The molecule has 4 nitrogen and oxygen atoms in total. The molecule has 1 aliphatic heterocycles. The average molecular weight is 285 g/mol. The Morgan fingerprint density at radius 2 is 1.95 bits per heavy atom. The Bertz CT molecular complexity index is 627. The van der Waals surface area contributed by atoms with Gasteiger partial charge in [0, 0.05) is 6.04 Å². The number of rotatable bonds is 5. The molecule has 0 saturated carbocycles. The topological polar surface area (TPSA) is 39.7 Å². The van der Waals surface area contributed by atoms with Gasteiger partial charge in [0.15, 0.2) is 11.5 Å². The molecule has 2 aromatic rings. The second kappa shape index (κ2) is 5.95. The molecule has 0 spiro atoms. The fourth-order valence-corrected chi connectivity index (χ4v) is 2.37. The van der Waals surface area contributed by atoms with E-state index in [1.165, 1.54) is 0 Å². The third-order valence-corrected chi connectivity index (χ3v) is 3.46. The van der Waals surface area contributed by atoms with Crippen LogP contribution in [0.1, 0.15) is 25.5 Å². The predicted molar refractivity (Wildman–Crippen MR) is 82.2 cm³/mol. The van der Waals surface area contributed by atoms with Crippen molar-refractivity contribution in [2.24, 2.45) is 0 Å². The van der Waals surface area contributed by atoms with Gasteiger partial charge in [-0.3, -0.25) is 0 Å². The van der Waals surface area contributed by atoms with Gasteiger partial charge in [0.1, 0.15) is 5.75 Å². The standard InChI is InChI=1S/C17H19NO3/c1-3-19-15-7-5-4-6-14(15)18-12(2)13-8-9-16-17(10-13)21-11-20-16/h4-10,12,18H,3,11H2,1-2H3. The van der Waals surface area contributed by atoms with Gasteiger partial charge in [-0.1, -0.05) is 18.2 Å². The summed E-state index contributed by atoms with van der Waals surface area (Å²) in [5.41, 5.74) is 2.13. The predicted octanol–water partition coefficient (Wildman–Crippen LogP) is 3.99. The largest absolute Gasteiger partial charge is 0.492 e. The van der Waals surface area contributed by atoms with Crippen molar-refractivity contribution in [3.63, 3.8) is 0 Å². The lowest BCUT2D eigenvalue weighted by molar-refractivity contribution is 0.174. The van der Waals surface area contributed by atoms with Crippen LogP contribution >= 0.6 is 0 Å². The lowest BCUT2D eigenvalue weighted by Crippen LogP contribution is -2.08. The molecule has 2 aromatic carbocycles. The van der Waals surface area contributed by atoms with Crippen molar-refractivity contribution in [1.82, 2.24) is 0 Å². The summed E-state index contributed by atoms with van der Waals surface area (Å²) in [6, 6.07) is 14.1. The molecule has 110 valence electrons. The first-order valence-electron chi connectivity index (χ1n) is 7.16. The summed E-state index contributed by atoms with van der Waals surface area (Å²) in [5, 5.41) is 3.48. The van der Waals surface area contributed by atoms with Crippen molar-refractivity contribution in [1.29, 1.82) is 0 Å². The number of anilines is 1. The van der Waals surface area contributed by atoms with Gasteiger partial charge in [0.2, 0.25) is 6.79 Å². The van der Waals surface area contributed by atoms with Crippen molar-refractivity contribution < 1.29 is 14.2 Å². The van der Waals surface area contributed by atoms with Crippen LogP contribution in [0.3, 0.4) is 0 Å². The summed E-state index contributed by atoms with van der Waals surface area (Å²) in [4.78, 5) is 0. The van der Waals surface area contributed by atoms with E-state index in [4.69, 9.17) is 14.2 Å². The van der Waals surface area contributed by atoms with Crippen molar-refractivity contribution >= 4 is 5.69 Å². The van der Waals surface area contributed by atoms with Gasteiger partial charge in [-0.25, -0.2) is 0 Å². The van der Waals surface area contributed by atoms with Crippen LogP contribution in [0.5, 0.6) is 17.2 Å². The van der Waals surface area contributed by atoms with Gasteiger partial charge in [0.25, 0.3) is 0 Å². The van der Waals surface area contributed by atoms with Crippen LogP contribution in [-0.4, -0.2) is 13.4 Å². The molecule has 1 heterocycles. The van der Waals surface area contributed by atoms with E-state index < -0.39 is 0 Å². The molecule has 0 aliphatic carbocycles. The number of hydrogen-bond donors (Lipinski definition) is 1. The minimum absolute atomic E-state index is 0.140. The molecule has 1 atom stereocenters. The molecule has 1 N–H and O–H groups in total. The van der Waals surface area contributed by atoms with E-state index in [1.54, 1.807) is 0 Å². The zero-order valence-corrected chi connectivity index (χ0v) is 12.3. The Morgan fingerprint density at radius 1 is 1.14 bits per heavy atom. The molecule has 0 radical (unpaired) electrons. The normalized spacial score (nSPS) is 13.8. The van der Waals surface area contributed by atoms with Crippen molar-refractivity contribution in [2.45, 2.75) is 19.9 Å². The molecule has 1 aliphatic rings. The molecule has 3 rings (SSSR count). The molecule has 0 fully saturated rings. The molecule has 0 aromatic heterocycles. The molecule has 0 amide bonds. The minimum Gasteiger partial charge on any atom is -0.492 e. The smallest absolute Gasteiger partial charge is 0.231 e. The number of para-hydroxylation sites is 2. The zero-order valence-electron chi connectivity index (χ0n) is 12.3. The number of fused-ring (bicyclic) bond motifs is 1. The molecule has 4 heteroatoms. The first-order valence-corrected chi connectivity index (χ1v) is 7.16. The number of ether oxygens (including phenoxy) is 3. The minimum atomic E-state index is 0.140. The highest BCUT2D eigenvalue weighted by Gasteiger charge is 2.16. The molecule has 0 bridgehead atoms. The molecular weight excluding hydrogens is 266 g/mol. The fraction of sp³-hybridized carbons (Fsp3) is 0.294. The maximum Gasteiger partial charge on any atom is 0.231 e. The third kappa shape index (κ3) is 2.89. The van der Waals surface area contributed by atoms with E-state index in [-0.39, 0.29) is 6.04 Å². The van der Waals surface area contributed by atoms with Gasteiger partial charge in [-0.05, 0) is 43.7 Å². The number of benzene rings is 2. The average Bonchev–Trinajstić information content (AvgIpc) is 2.97. The molecule has 1 unspecified atom stereocenters. The Balaban J connectivity index is 1.78. The maximum absolute atomic E-state index is 5.64. The number of nitrogens with one attached hydrogen (secondary N) is 1. The second-order valence-electron chi connectivity index (χ2n) is 4.91. The van der Waals surface area contributed by atoms with Crippen LogP contribution in [0.2, 0.25) is 0 Å². The first-order chi connectivity index (χ1) is 10.3. The van der Waals surface area contributed by atoms with Crippen molar-refractivity contribution in [3.05, 3.63) is 48.0 Å². The van der Waals surface area contributed by atoms with Crippen LogP contribution in [0.15, 0.2) is 42.5 Å². The Labute approximate surface area is 124 Å². The zero-order chi connectivity index (χ0) is 14.7. The lowest BCUT2D eigenvalue weighted by Gasteiger charge is -2.18. The van der Waals surface area contributed by atoms with E-state index >= 15 is 0 Å². The Hall–Kier alpha value is -2.36. The van der Waals surface area contributed by atoms with Gasteiger partial charge in [-0.15, -0.1) is 0 Å². The van der Waals surface area contributed by atoms with Crippen LogP contribution in [0.4, 0.5) is 5.69 Å². The highest BCUT2D eigenvalue weighted by molar-refractivity contribution is 5.58. The van der Waals surface area contributed by atoms with Crippen LogP contribution < -0.4 is 19.5 Å². The fourth-order valence-electron chi connectivity index (χ4n) is 2.37. The summed E-state index contributed by atoms with van der Waals surface area (Å²) < 4.78 is 16.4. The van der Waals surface area contributed by atoms with Crippen LogP contribution in [0.25, 0.3) is 0 Å². The van der Waals surface area contributed by atoms with E-state index in [9.17, 15) is 0 Å². The van der Waals surface area contributed by atoms with E-state index in [1.807, 2.05) is 43.3 Å². The highest BCUT2D eigenvalue weighted by Crippen LogP contribution is 2.35. The van der Waals surface area contributed by atoms with E-state index in [2.05, 4.69) is 18.3 Å². The third-order valence-electron chi connectivity index (χ3n) is 3.46. The van der Waals surface area contributed by atoms with E-state index in [0.717, 1.165) is 28.5 Å². The van der Waals surface area contributed by atoms with Crippen molar-refractivity contribution in [2.75, 3.05) is 18.7 Å². The Morgan fingerprint density at radius 3 is 2.81 bits per heavy atom. The molecule has 0 saturated heterocycles. The van der Waals surface area contributed by atoms with Crippen LogP contribution in [-0.2, 0) is 0 Å². The van der Waals surface area contributed by atoms with Gasteiger partial charge in [0.05, 0.1) is 12.3 Å². The van der Waals surface area contributed by atoms with Gasteiger partial charge >= 0.3 is 0 Å². The van der Waals surface area contributed by atoms with Crippen LogP contribution in [0, 0.1) is 0 Å². The second-order valence-corrected chi connectivity index (χ2v) is 4.91. The summed E-state index contributed by atoms with van der Waals surface area (Å²) in [5.74, 6) is 2.48. The van der Waals surface area contributed by atoms with Gasteiger partial charge < -0.3 is 19.5 Å². The summed E-state index contributed by atoms with van der Waals surface area (Å²) >= 11 is 0. The van der Waals surface area contributed by atoms with Gasteiger partial charge in [-0.2, -0.15) is 0 Å². The lowest BCUT2D eigenvalue weighted by atomic mass is 10.1. The first kappa shape index (κ1) is 13.6. The summed E-state index contributed by atoms with van der Waals surface area (Å²) in [6.07, 6.45) is 0. The highest BCUT2D eigenvalue weighted by atomic mass is 16.7. The quantitative estimate of drug-likeness (QED) is 0.901. The molecule has 21 heavy (non-hydrogen) atoms. The van der Waals surface area contributed by atoms with E-state index in [0.29, 0.717) is 13.4 Å². The van der Waals surface area contributed by atoms with Crippen molar-refractivity contribution in [3.8, 4) is 17.2 Å². The Kier molecular flexibility index (Phi) is 3.86. The number of hydrogen-bond acceptors (Lipinski definition) is 4. The SMILES string of the molecule is CCOc1ccccc1NC(C)c1ccc2c(c1)OCO2. The maximum atomic E-state index is 5.64. The summed E-state index contributed by atoms with van der Waals surface area (Å²) in [7, 11) is 0. The summed E-state index contributed by atoms with van der Waals surface area (Å²) in [6.45, 7) is 5.04.